The van der Waals surface area contributed by atoms with Gasteiger partial charge in [0.05, 0.1) is 0 Å². The molecule has 1 aromatic heterocycles. The molecular weight excluding hydrogens is 360 g/mol. The highest BCUT2D eigenvalue weighted by Crippen LogP contribution is 2.17. The Morgan fingerprint density at radius 3 is 2.56 bits per heavy atom. The minimum absolute atomic E-state index is 0.221. The molecule has 0 spiro atoms. The van der Waals surface area contributed by atoms with E-state index >= 15 is 0 Å². The SMILES string of the molecule is Cc1cccc(Nc2cc(C(=O)NCCc3ccc(Cl)cc3)nc(C)n2)c1. The molecule has 6 heteroatoms. The normalized spacial score (nSPS) is 10.5. The van der Waals surface area contributed by atoms with Gasteiger partial charge in [-0.1, -0.05) is 35.9 Å². The number of aromatic nitrogens is 2. The standard InChI is InChI=1S/C21H21ClN4O/c1-14-4-3-5-18(12-14)26-20-13-19(24-15(2)25-20)21(27)23-11-10-16-6-8-17(22)9-7-16/h3-9,12-13H,10-11H2,1-2H3,(H,23,27)(H,24,25,26). The smallest absolute Gasteiger partial charge is 0.270 e. The lowest BCUT2D eigenvalue weighted by Gasteiger charge is -2.10. The first kappa shape index (κ1) is 18.9. The zero-order valence-electron chi connectivity index (χ0n) is 15.3. The van der Waals surface area contributed by atoms with Crippen molar-refractivity contribution in [3.8, 4) is 0 Å². The maximum absolute atomic E-state index is 12.4. The molecule has 0 aliphatic heterocycles. The van der Waals surface area contributed by atoms with E-state index in [1.54, 1.807) is 13.0 Å². The van der Waals surface area contributed by atoms with Gasteiger partial charge in [0, 0.05) is 23.3 Å². The summed E-state index contributed by atoms with van der Waals surface area (Å²) in [7, 11) is 0. The van der Waals surface area contributed by atoms with Crippen LogP contribution in [0.4, 0.5) is 11.5 Å². The highest BCUT2D eigenvalue weighted by Gasteiger charge is 2.10. The number of nitrogens with zero attached hydrogens (tertiary/aromatic N) is 2. The zero-order chi connectivity index (χ0) is 19.2. The van der Waals surface area contributed by atoms with Gasteiger partial charge < -0.3 is 10.6 Å². The Morgan fingerprint density at radius 2 is 1.81 bits per heavy atom. The van der Waals surface area contributed by atoms with Gasteiger partial charge in [-0.25, -0.2) is 9.97 Å². The van der Waals surface area contributed by atoms with E-state index in [1.807, 2.05) is 55.5 Å². The molecule has 2 aromatic carbocycles. The van der Waals surface area contributed by atoms with Gasteiger partial charge in [-0.3, -0.25) is 4.79 Å². The first-order chi connectivity index (χ1) is 13.0. The van der Waals surface area contributed by atoms with Crippen LogP contribution in [0.25, 0.3) is 0 Å². The lowest BCUT2D eigenvalue weighted by atomic mass is 10.1. The number of benzene rings is 2. The van der Waals surface area contributed by atoms with Crippen LogP contribution in [0, 0.1) is 13.8 Å². The average molecular weight is 381 g/mol. The highest BCUT2D eigenvalue weighted by atomic mass is 35.5. The molecule has 0 unspecified atom stereocenters. The molecule has 0 aliphatic rings. The van der Waals surface area contributed by atoms with Crippen LogP contribution in [0.1, 0.15) is 27.4 Å². The molecule has 0 bridgehead atoms. The van der Waals surface area contributed by atoms with Crippen LogP contribution in [-0.4, -0.2) is 22.4 Å². The zero-order valence-corrected chi connectivity index (χ0v) is 16.0. The second kappa shape index (κ2) is 8.64. The molecule has 3 rings (SSSR count). The Hall–Kier alpha value is -2.92. The van der Waals surface area contributed by atoms with Crippen LogP contribution in [0.2, 0.25) is 5.02 Å². The largest absolute Gasteiger partial charge is 0.350 e. The fourth-order valence-electron chi connectivity index (χ4n) is 2.68. The monoisotopic (exact) mass is 380 g/mol. The Balaban J connectivity index is 1.64. The minimum Gasteiger partial charge on any atom is -0.350 e. The molecule has 0 aliphatic carbocycles. The summed E-state index contributed by atoms with van der Waals surface area (Å²) in [6, 6.07) is 17.2. The van der Waals surface area contributed by atoms with Crippen molar-refractivity contribution in [1.82, 2.24) is 15.3 Å². The van der Waals surface area contributed by atoms with Crippen molar-refractivity contribution in [2.24, 2.45) is 0 Å². The van der Waals surface area contributed by atoms with Crippen molar-refractivity contribution in [3.63, 3.8) is 0 Å². The predicted molar refractivity (Wildman–Crippen MR) is 109 cm³/mol. The predicted octanol–water partition coefficient (Wildman–Crippen LogP) is 4.46. The third-order valence-electron chi connectivity index (χ3n) is 3.97. The maximum Gasteiger partial charge on any atom is 0.270 e. The number of carbonyl (C=O) groups is 1. The fourth-order valence-corrected chi connectivity index (χ4v) is 2.81. The molecule has 0 fully saturated rings. The molecule has 2 N–H and O–H groups in total. The Morgan fingerprint density at radius 1 is 1.04 bits per heavy atom. The van der Waals surface area contributed by atoms with E-state index < -0.39 is 0 Å². The summed E-state index contributed by atoms with van der Waals surface area (Å²) in [5.74, 6) is 0.910. The second-order valence-electron chi connectivity index (χ2n) is 6.31. The molecular formula is C21H21ClN4O. The van der Waals surface area contributed by atoms with Gasteiger partial charge in [0.25, 0.3) is 5.91 Å². The Bertz CT molecular complexity index is 941. The van der Waals surface area contributed by atoms with Crippen LogP contribution in [0.15, 0.2) is 54.6 Å². The number of hydrogen-bond donors (Lipinski definition) is 2. The van der Waals surface area contributed by atoms with Crippen molar-refractivity contribution in [2.45, 2.75) is 20.3 Å². The van der Waals surface area contributed by atoms with Gasteiger partial charge in [-0.15, -0.1) is 0 Å². The number of carbonyl (C=O) groups excluding carboxylic acids is 1. The van der Waals surface area contributed by atoms with E-state index in [0.29, 0.717) is 28.9 Å². The third kappa shape index (κ3) is 5.53. The molecule has 3 aromatic rings. The molecule has 1 amide bonds. The highest BCUT2D eigenvalue weighted by molar-refractivity contribution is 6.30. The van der Waals surface area contributed by atoms with Crippen molar-refractivity contribution in [2.75, 3.05) is 11.9 Å². The summed E-state index contributed by atoms with van der Waals surface area (Å²) in [6.07, 6.45) is 0.724. The van der Waals surface area contributed by atoms with Crippen molar-refractivity contribution >= 4 is 29.0 Å². The van der Waals surface area contributed by atoms with Gasteiger partial charge >= 0.3 is 0 Å². The van der Waals surface area contributed by atoms with Gasteiger partial charge in [0.15, 0.2) is 0 Å². The third-order valence-corrected chi connectivity index (χ3v) is 4.23. The van der Waals surface area contributed by atoms with Gasteiger partial charge in [-0.05, 0) is 55.7 Å². The minimum atomic E-state index is -0.221. The number of nitrogens with one attached hydrogen (secondary N) is 2. The molecule has 0 saturated carbocycles. The van der Waals surface area contributed by atoms with Crippen LogP contribution < -0.4 is 10.6 Å². The van der Waals surface area contributed by atoms with E-state index in [9.17, 15) is 4.79 Å². The van der Waals surface area contributed by atoms with Crippen molar-refractivity contribution in [3.05, 3.63) is 82.3 Å². The molecule has 0 atom stereocenters. The van der Waals surface area contributed by atoms with Crippen LogP contribution in [-0.2, 0) is 6.42 Å². The number of aryl methyl sites for hydroxylation is 2. The Kier molecular flexibility index (Phi) is 6.04. The van der Waals surface area contributed by atoms with E-state index in [-0.39, 0.29) is 5.91 Å². The topological polar surface area (TPSA) is 66.9 Å². The molecule has 1 heterocycles. The molecule has 5 nitrogen and oxygen atoms in total. The molecule has 0 radical (unpaired) electrons. The van der Waals surface area contributed by atoms with Crippen molar-refractivity contribution in [1.29, 1.82) is 0 Å². The maximum atomic E-state index is 12.4. The average Bonchev–Trinajstić information content (AvgIpc) is 2.63. The number of halogens is 1. The van der Waals surface area contributed by atoms with E-state index in [4.69, 9.17) is 11.6 Å². The molecule has 138 valence electrons. The number of amides is 1. The van der Waals surface area contributed by atoms with Crippen LogP contribution in [0.3, 0.4) is 0 Å². The lowest BCUT2D eigenvalue weighted by molar-refractivity contribution is 0.0949. The summed E-state index contributed by atoms with van der Waals surface area (Å²) < 4.78 is 0. The van der Waals surface area contributed by atoms with Crippen molar-refractivity contribution < 1.29 is 4.79 Å². The van der Waals surface area contributed by atoms with Crippen LogP contribution >= 0.6 is 11.6 Å². The van der Waals surface area contributed by atoms with E-state index in [2.05, 4.69) is 20.6 Å². The quantitative estimate of drug-likeness (QED) is 0.662. The van der Waals surface area contributed by atoms with E-state index in [0.717, 1.165) is 23.2 Å². The number of rotatable bonds is 6. The summed E-state index contributed by atoms with van der Waals surface area (Å²) in [5, 5.41) is 6.83. The van der Waals surface area contributed by atoms with Crippen LogP contribution in [0.5, 0.6) is 0 Å². The summed E-state index contributed by atoms with van der Waals surface area (Å²) in [6.45, 7) is 4.31. The first-order valence-electron chi connectivity index (χ1n) is 8.71. The summed E-state index contributed by atoms with van der Waals surface area (Å²) in [4.78, 5) is 21.1. The van der Waals surface area contributed by atoms with Gasteiger partial charge in [0.2, 0.25) is 0 Å². The first-order valence-corrected chi connectivity index (χ1v) is 9.09. The Labute approximate surface area is 163 Å². The summed E-state index contributed by atoms with van der Waals surface area (Å²) in [5.41, 5.74) is 3.52. The second-order valence-corrected chi connectivity index (χ2v) is 6.75. The molecule has 0 saturated heterocycles. The fraction of sp³-hybridized carbons (Fsp3) is 0.190. The van der Waals surface area contributed by atoms with E-state index in [1.165, 1.54) is 0 Å². The number of hydrogen-bond acceptors (Lipinski definition) is 4. The van der Waals surface area contributed by atoms with Gasteiger partial charge in [0.1, 0.15) is 17.3 Å². The molecule has 27 heavy (non-hydrogen) atoms. The van der Waals surface area contributed by atoms with Gasteiger partial charge in [-0.2, -0.15) is 0 Å². The summed E-state index contributed by atoms with van der Waals surface area (Å²) >= 11 is 5.88. The lowest BCUT2D eigenvalue weighted by Crippen LogP contribution is -2.27. The number of anilines is 2.